The summed E-state index contributed by atoms with van der Waals surface area (Å²) in [4.78, 5) is 27.1. The molecule has 3 heterocycles. The number of carbonyl (C=O) groups excluding carboxylic acids is 1. The molecule has 178 valence electrons. The molecule has 0 aliphatic carbocycles. The lowest BCUT2D eigenvalue weighted by atomic mass is 10.2. The van der Waals surface area contributed by atoms with Crippen LogP contribution in [0.15, 0.2) is 47.2 Å². The Kier molecular flexibility index (Phi) is 6.87. The lowest BCUT2D eigenvalue weighted by molar-refractivity contribution is -0.136. The molecule has 34 heavy (non-hydrogen) atoms. The third-order valence-electron chi connectivity index (χ3n) is 4.96. The fourth-order valence-electron chi connectivity index (χ4n) is 3.29. The molecule has 4 rings (SSSR count). The summed E-state index contributed by atoms with van der Waals surface area (Å²) >= 11 is 0. The van der Waals surface area contributed by atoms with E-state index in [1.165, 1.54) is 30.7 Å². The van der Waals surface area contributed by atoms with E-state index in [-0.39, 0.29) is 23.4 Å². The number of aromatic amines is 1. The van der Waals surface area contributed by atoms with Gasteiger partial charge in [0.25, 0.3) is 5.91 Å². The fourth-order valence-corrected chi connectivity index (χ4v) is 3.29. The summed E-state index contributed by atoms with van der Waals surface area (Å²) in [6, 6.07) is 6.61. The van der Waals surface area contributed by atoms with Crippen molar-refractivity contribution < 1.29 is 26.8 Å². The van der Waals surface area contributed by atoms with Crippen molar-refractivity contribution in [2.24, 2.45) is 0 Å². The Morgan fingerprint density at radius 2 is 1.91 bits per heavy atom. The molecule has 0 radical (unpaired) electrons. The van der Waals surface area contributed by atoms with Crippen LogP contribution in [0, 0.1) is 5.82 Å². The molecular weight excluding hydrogens is 456 g/mol. The first kappa shape index (κ1) is 23.4. The van der Waals surface area contributed by atoms with E-state index in [0.717, 1.165) is 6.07 Å². The molecule has 3 aromatic heterocycles. The first-order valence-electron chi connectivity index (χ1n) is 10.4. The second-order valence-corrected chi connectivity index (χ2v) is 7.37. The largest absolute Gasteiger partial charge is 0.448 e. The van der Waals surface area contributed by atoms with Crippen LogP contribution in [0.1, 0.15) is 33.5 Å². The van der Waals surface area contributed by atoms with Crippen molar-refractivity contribution in [1.29, 1.82) is 0 Å². The third kappa shape index (κ3) is 5.57. The molecule has 4 aromatic rings. The number of nitrogens with one attached hydrogen (secondary N) is 3. The lowest BCUT2D eigenvalue weighted by Gasteiger charge is -2.05. The standard InChI is InChI=1S/C22H20F4N6O2/c23-14-4-2-8-28-16(14)11-29-21(33)17-12-34-19(31-17)7-10-27-9-6-18-30-15-5-1-3-13(20(15)32-18)22(24,25)26/h1-5,8,12,27H,6-7,9-11H2,(H,29,33)(H,30,32). The van der Waals surface area contributed by atoms with Gasteiger partial charge in [0.2, 0.25) is 0 Å². The zero-order valence-corrected chi connectivity index (χ0v) is 17.7. The number of fused-ring (bicyclic) bond motifs is 1. The molecule has 0 spiro atoms. The predicted molar refractivity (Wildman–Crippen MR) is 113 cm³/mol. The summed E-state index contributed by atoms with van der Waals surface area (Å²) in [5.41, 5.74) is -0.353. The highest BCUT2D eigenvalue weighted by molar-refractivity contribution is 5.91. The molecule has 0 bridgehead atoms. The van der Waals surface area contributed by atoms with Crippen LogP contribution >= 0.6 is 0 Å². The van der Waals surface area contributed by atoms with E-state index < -0.39 is 23.5 Å². The first-order valence-corrected chi connectivity index (χ1v) is 10.4. The second kappa shape index (κ2) is 10.00. The van der Waals surface area contributed by atoms with Gasteiger partial charge in [0.05, 0.1) is 23.3 Å². The van der Waals surface area contributed by atoms with Gasteiger partial charge in [0, 0.05) is 32.1 Å². The van der Waals surface area contributed by atoms with Crippen molar-refractivity contribution in [2.75, 3.05) is 13.1 Å². The number of carbonyl (C=O) groups is 1. The highest BCUT2D eigenvalue weighted by Crippen LogP contribution is 2.33. The highest BCUT2D eigenvalue weighted by atomic mass is 19.4. The Morgan fingerprint density at radius 3 is 2.71 bits per heavy atom. The summed E-state index contributed by atoms with van der Waals surface area (Å²) in [5, 5.41) is 5.66. The van der Waals surface area contributed by atoms with Gasteiger partial charge >= 0.3 is 6.18 Å². The molecule has 1 amide bonds. The van der Waals surface area contributed by atoms with E-state index in [9.17, 15) is 22.4 Å². The van der Waals surface area contributed by atoms with Gasteiger partial charge in [-0.25, -0.2) is 14.4 Å². The van der Waals surface area contributed by atoms with Crippen LogP contribution in [-0.4, -0.2) is 38.9 Å². The summed E-state index contributed by atoms with van der Waals surface area (Å²) < 4.78 is 58.2. The number of oxazole rings is 1. The molecule has 3 N–H and O–H groups in total. The second-order valence-electron chi connectivity index (χ2n) is 7.37. The average Bonchev–Trinajstić information content (AvgIpc) is 3.44. The number of amides is 1. The number of pyridine rings is 1. The van der Waals surface area contributed by atoms with Gasteiger partial charge in [0.1, 0.15) is 23.4 Å². The summed E-state index contributed by atoms with van der Waals surface area (Å²) in [5.74, 6) is -0.256. The van der Waals surface area contributed by atoms with Crippen LogP contribution < -0.4 is 10.6 Å². The van der Waals surface area contributed by atoms with Gasteiger partial charge in [0.15, 0.2) is 11.6 Å². The summed E-state index contributed by atoms with van der Waals surface area (Å²) in [7, 11) is 0. The zero-order chi connectivity index (χ0) is 24.1. The van der Waals surface area contributed by atoms with Crippen molar-refractivity contribution in [3.8, 4) is 0 Å². The molecule has 0 fully saturated rings. The Labute approximate surface area is 190 Å². The molecule has 0 aliphatic rings. The van der Waals surface area contributed by atoms with E-state index in [1.54, 1.807) is 6.07 Å². The minimum atomic E-state index is -4.47. The number of alkyl halides is 3. The minimum Gasteiger partial charge on any atom is -0.448 e. The molecule has 8 nitrogen and oxygen atoms in total. The van der Waals surface area contributed by atoms with Crippen molar-refractivity contribution in [2.45, 2.75) is 25.6 Å². The van der Waals surface area contributed by atoms with E-state index in [4.69, 9.17) is 4.42 Å². The van der Waals surface area contributed by atoms with Gasteiger partial charge in [-0.15, -0.1) is 0 Å². The Morgan fingerprint density at radius 1 is 1.09 bits per heavy atom. The number of hydrogen-bond donors (Lipinski definition) is 3. The Balaban J connectivity index is 1.22. The van der Waals surface area contributed by atoms with Crippen LogP contribution in [0.3, 0.4) is 0 Å². The highest BCUT2D eigenvalue weighted by Gasteiger charge is 2.33. The van der Waals surface area contributed by atoms with Gasteiger partial charge in [-0.3, -0.25) is 9.78 Å². The number of imidazole rings is 1. The summed E-state index contributed by atoms with van der Waals surface area (Å²) in [6.07, 6.45) is -1.04. The molecular formula is C22H20F4N6O2. The predicted octanol–water partition coefficient (Wildman–Crippen LogP) is 3.41. The maximum atomic E-state index is 13.6. The Hall–Kier alpha value is -3.80. The lowest BCUT2D eigenvalue weighted by Crippen LogP contribution is -2.24. The molecule has 0 aliphatic heterocycles. The maximum absolute atomic E-state index is 13.6. The Bertz CT molecular complexity index is 1280. The molecule has 1 aromatic carbocycles. The quantitative estimate of drug-likeness (QED) is 0.252. The number of H-pyrrole nitrogens is 1. The summed E-state index contributed by atoms with van der Waals surface area (Å²) in [6.45, 7) is 0.848. The smallest absolute Gasteiger partial charge is 0.418 e. The van der Waals surface area contributed by atoms with E-state index in [1.807, 2.05) is 0 Å². The number of rotatable bonds is 9. The first-order chi connectivity index (χ1) is 16.3. The van der Waals surface area contributed by atoms with Gasteiger partial charge < -0.3 is 20.0 Å². The molecule has 0 unspecified atom stereocenters. The minimum absolute atomic E-state index is 0.0640. The van der Waals surface area contributed by atoms with Crippen LogP contribution in [0.4, 0.5) is 17.6 Å². The molecule has 0 atom stereocenters. The van der Waals surface area contributed by atoms with E-state index in [2.05, 4.69) is 30.6 Å². The van der Waals surface area contributed by atoms with Crippen molar-refractivity contribution >= 4 is 16.9 Å². The number of hydrogen-bond acceptors (Lipinski definition) is 6. The van der Waals surface area contributed by atoms with E-state index in [0.29, 0.717) is 43.2 Å². The zero-order valence-electron chi connectivity index (χ0n) is 17.7. The number of aromatic nitrogens is 4. The topological polar surface area (TPSA) is 109 Å². The number of benzene rings is 1. The van der Waals surface area contributed by atoms with Crippen LogP contribution in [-0.2, 0) is 25.6 Å². The molecule has 0 saturated carbocycles. The maximum Gasteiger partial charge on any atom is 0.418 e. The third-order valence-corrected chi connectivity index (χ3v) is 4.96. The number of nitrogens with zero attached hydrogens (tertiary/aromatic N) is 3. The SMILES string of the molecule is O=C(NCc1ncccc1F)c1coc(CCNCCc2nc3c(C(F)(F)F)cccc3[nH]2)n1. The number of halogens is 4. The van der Waals surface area contributed by atoms with Crippen LogP contribution in [0.5, 0.6) is 0 Å². The number of para-hydroxylation sites is 1. The van der Waals surface area contributed by atoms with Crippen molar-refractivity contribution in [3.63, 3.8) is 0 Å². The van der Waals surface area contributed by atoms with Gasteiger partial charge in [-0.2, -0.15) is 13.2 Å². The van der Waals surface area contributed by atoms with Gasteiger partial charge in [-0.05, 0) is 24.3 Å². The molecule has 0 saturated heterocycles. The monoisotopic (exact) mass is 476 g/mol. The van der Waals surface area contributed by atoms with Crippen LogP contribution in [0.2, 0.25) is 0 Å². The fraction of sp³-hybridized carbons (Fsp3) is 0.273. The van der Waals surface area contributed by atoms with E-state index >= 15 is 0 Å². The molecule has 12 heteroatoms. The van der Waals surface area contributed by atoms with Crippen LogP contribution in [0.25, 0.3) is 11.0 Å². The van der Waals surface area contributed by atoms with Crippen molar-refractivity contribution in [1.82, 2.24) is 30.6 Å². The van der Waals surface area contributed by atoms with Crippen molar-refractivity contribution in [3.05, 3.63) is 77.3 Å². The average molecular weight is 476 g/mol. The normalized spacial score (nSPS) is 11.8. The van der Waals surface area contributed by atoms with Gasteiger partial charge in [-0.1, -0.05) is 6.07 Å².